The first-order valence-corrected chi connectivity index (χ1v) is 22.2. The molecular formula is C50H80O6. The zero-order chi connectivity index (χ0) is 40.8. The molecule has 0 heterocycles. The predicted octanol–water partition coefficient (Wildman–Crippen LogP) is 14.2. The van der Waals surface area contributed by atoms with Crippen LogP contribution >= 0.6 is 0 Å². The molecule has 6 heteroatoms. The second kappa shape index (κ2) is 44.0. The Kier molecular flexibility index (Phi) is 41.2. The van der Waals surface area contributed by atoms with Crippen molar-refractivity contribution in [3.63, 3.8) is 0 Å². The van der Waals surface area contributed by atoms with Crippen molar-refractivity contribution in [3.8, 4) is 0 Å². The van der Waals surface area contributed by atoms with E-state index in [0.717, 1.165) is 116 Å². The first-order valence-electron chi connectivity index (χ1n) is 22.2. The number of rotatable bonds is 38. The van der Waals surface area contributed by atoms with Crippen molar-refractivity contribution in [1.29, 1.82) is 0 Å². The quantitative estimate of drug-likeness (QED) is 0.0269. The molecule has 0 radical (unpaired) electrons. The van der Waals surface area contributed by atoms with Crippen LogP contribution in [0, 0.1) is 0 Å². The molecule has 0 amide bonds. The summed E-state index contributed by atoms with van der Waals surface area (Å²) in [4.78, 5) is 37.5. The number of esters is 3. The average molecular weight is 777 g/mol. The molecule has 0 spiro atoms. The third-order valence-electron chi connectivity index (χ3n) is 8.83. The Morgan fingerprint density at radius 3 is 1.16 bits per heavy atom. The van der Waals surface area contributed by atoms with Crippen molar-refractivity contribution in [2.45, 2.75) is 187 Å². The van der Waals surface area contributed by atoms with Crippen LogP contribution in [0.3, 0.4) is 0 Å². The second-order valence-corrected chi connectivity index (χ2v) is 14.2. The number of hydrogen-bond acceptors (Lipinski definition) is 6. The van der Waals surface area contributed by atoms with Crippen LogP contribution in [-0.4, -0.2) is 37.2 Å². The smallest absolute Gasteiger partial charge is 0.306 e. The van der Waals surface area contributed by atoms with Gasteiger partial charge in [-0.25, -0.2) is 0 Å². The van der Waals surface area contributed by atoms with Gasteiger partial charge in [-0.1, -0.05) is 169 Å². The van der Waals surface area contributed by atoms with Crippen LogP contribution in [-0.2, 0) is 28.6 Å². The van der Waals surface area contributed by atoms with Gasteiger partial charge in [-0.2, -0.15) is 0 Å². The highest BCUT2D eigenvalue weighted by molar-refractivity contribution is 5.71. The maximum atomic E-state index is 12.7. The average Bonchev–Trinajstić information content (AvgIpc) is 3.19. The fourth-order valence-electron chi connectivity index (χ4n) is 5.55. The topological polar surface area (TPSA) is 78.9 Å². The number of allylic oxidation sites excluding steroid dienone is 16. The van der Waals surface area contributed by atoms with Crippen LogP contribution in [0.2, 0.25) is 0 Å². The maximum absolute atomic E-state index is 12.7. The van der Waals surface area contributed by atoms with Crippen LogP contribution in [0.4, 0.5) is 0 Å². The first kappa shape index (κ1) is 52.3. The van der Waals surface area contributed by atoms with E-state index in [1.54, 1.807) is 0 Å². The van der Waals surface area contributed by atoms with Crippen molar-refractivity contribution in [2.75, 3.05) is 13.2 Å². The molecule has 0 aromatic heterocycles. The van der Waals surface area contributed by atoms with Crippen molar-refractivity contribution in [2.24, 2.45) is 0 Å². The minimum atomic E-state index is -0.805. The van der Waals surface area contributed by atoms with Gasteiger partial charge >= 0.3 is 17.9 Å². The standard InChI is InChI=1S/C50H80O6/c1-4-7-10-13-16-18-20-22-24-25-27-28-30-32-34-37-40-43-49(52)55-46-47(45-54-48(51)42-39-36-15-12-9-6-3)56-50(53)44-41-38-35-33-31-29-26-23-21-19-17-14-11-8-5-2/h7-8,10-11,16-19,22-24,26-28,32,34,47H,4-6,9,12-15,20-21,25,29-31,33,35-46H2,1-3H3/b10-7-,11-8-,18-16-,19-17-,24-22-,26-23-,28-27-,34-32-. The third-order valence-corrected chi connectivity index (χ3v) is 8.83. The fourth-order valence-corrected chi connectivity index (χ4v) is 5.55. The summed E-state index contributed by atoms with van der Waals surface area (Å²) in [7, 11) is 0. The van der Waals surface area contributed by atoms with E-state index >= 15 is 0 Å². The molecule has 0 bridgehead atoms. The molecule has 6 nitrogen and oxygen atoms in total. The van der Waals surface area contributed by atoms with E-state index in [2.05, 4.69) is 118 Å². The molecule has 316 valence electrons. The number of unbranched alkanes of at least 4 members (excludes halogenated alkanes) is 11. The summed E-state index contributed by atoms with van der Waals surface area (Å²) in [5.74, 6) is -1.00. The van der Waals surface area contributed by atoms with E-state index in [9.17, 15) is 14.4 Å². The van der Waals surface area contributed by atoms with E-state index in [-0.39, 0.29) is 37.5 Å². The summed E-state index contributed by atoms with van der Waals surface area (Å²) >= 11 is 0. The lowest BCUT2D eigenvalue weighted by Crippen LogP contribution is -2.30. The lowest BCUT2D eigenvalue weighted by atomic mass is 10.1. The van der Waals surface area contributed by atoms with E-state index in [1.165, 1.54) is 19.3 Å². The van der Waals surface area contributed by atoms with Crippen molar-refractivity contribution < 1.29 is 28.6 Å². The van der Waals surface area contributed by atoms with Gasteiger partial charge in [0.2, 0.25) is 0 Å². The molecule has 0 saturated carbocycles. The SMILES string of the molecule is CC/C=C\C/C=C\C/C=C\C/C=C\C/C=C\CCCC(=O)OCC(COC(=O)CCCCCCCC)OC(=O)CCCCCCC/C=C\C/C=C\C/C=C\CC. The summed E-state index contributed by atoms with van der Waals surface area (Å²) in [6.45, 7) is 6.25. The van der Waals surface area contributed by atoms with Crippen LogP contribution in [0.15, 0.2) is 97.2 Å². The van der Waals surface area contributed by atoms with E-state index < -0.39 is 6.10 Å². The molecule has 1 atom stereocenters. The van der Waals surface area contributed by atoms with Gasteiger partial charge in [0.15, 0.2) is 6.10 Å². The molecule has 0 aliphatic heterocycles. The van der Waals surface area contributed by atoms with E-state index in [1.807, 2.05) is 0 Å². The second-order valence-electron chi connectivity index (χ2n) is 14.2. The Bertz CT molecular complexity index is 1170. The van der Waals surface area contributed by atoms with Crippen LogP contribution in [0.25, 0.3) is 0 Å². The molecule has 1 unspecified atom stereocenters. The lowest BCUT2D eigenvalue weighted by molar-refractivity contribution is -0.167. The van der Waals surface area contributed by atoms with Gasteiger partial charge in [0.1, 0.15) is 13.2 Å². The fraction of sp³-hybridized carbons (Fsp3) is 0.620. The van der Waals surface area contributed by atoms with Crippen molar-refractivity contribution in [1.82, 2.24) is 0 Å². The van der Waals surface area contributed by atoms with Gasteiger partial charge in [0, 0.05) is 19.3 Å². The minimum Gasteiger partial charge on any atom is -0.462 e. The summed E-state index contributed by atoms with van der Waals surface area (Å²) < 4.78 is 16.6. The zero-order valence-corrected chi connectivity index (χ0v) is 35.9. The molecular weight excluding hydrogens is 697 g/mol. The van der Waals surface area contributed by atoms with Crippen LogP contribution in [0.1, 0.15) is 181 Å². The maximum Gasteiger partial charge on any atom is 0.306 e. The Morgan fingerprint density at radius 2 is 0.714 bits per heavy atom. The van der Waals surface area contributed by atoms with Crippen LogP contribution < -0.4 is 0 Å². The van der Waals surface area contributed by atoms with E-state index in [0.29, 0.717) is 19.3 Å². The third kappa shape index (κ3) is 41.5. The van der Waals surface area contributed by atoms with Crippen molar-refractivity contribution >= 4 is 17.9 Å². The van der Waals surface area contributed by atoms with Gasteiger partial charge in [0.25, 0.3) is 0 Å². The van der Waals surface area contributed by atoms with Gasteiger partial charge in [-0.05, 0) is 89.9 Å². The molecule has 0 aromatic rings. The predicted molar refractivity (Wildman–Crippen MR) is 237 cm³/mol. The van der Waals surface area contributed by atoms with Crippen LogP contribution in [0.5, 0.6) is 0 Å². The summed E-state index contributed by atoms with van der Waals surface area (Å²) in [5, 5.41) is 0. The normalized spacial score (nSPS) is 13.0. The van der Waals surface area contributed by atoms with Crippen molar-refractivity contribution in [3.05, 3.63) is 97.2 Å². The minimum absolute atomic E-state index is 0.104. The number of hydrogen-bond donors (Lipinski definition) is 0. The Hall–Kier alpha value is -3.67. The zero-order valence-electron chi connectivity index (χ0n) is 35.9. The number of carbonyl (C=O) groups is 3. The highest BCUT2D eigenvalue weighted by atomic mass is 16.6. The highest BCUT2D eigenvalue weighted by Crippen LogP contribution is 2.12. The number of carbonyl (C=O) groups excluding carboxylic acids is 3. The molecule has 0 aliphatic rings. The largest absolute Gasteiger partial charge is 0.462 e. The van der Waals surface area contributed by atoms with Gasteiger partial charge in [-0.3, -0.25) is 14.4 Å². The first-order chi connectivity index (χ1) is 27.5. The molecule has 0 saturated heterocycles. The summed E-state index contributed by atoms with van der Waals surface area (Å²) in [5.41, 5.74) is 0. The summed E-state index contributed by atoms with van der Waals surface area (Å²) in [6.07, 6.45) is 57.0. The summed E-state index contributed by atoms with van der Waals surface area (Å²) in [6, 6.07) is 0. The Labute approximate surface area is 343 Å². The molecule has 0 rings (SSSR count). The lowest BCUT2D eigenvalue weighted by Gasteiger charge is -2.18. The van der Waals surface area contributed by atoms with Gasteiger partial charge < -0.3 is 14.2 Å². The molecule has 0 N–H and O–H groups in total. The molecule has 56 heavy (non-hydrogen) atoms. The molecule has 0 fully saturated rings. The van der Waals surface area contributed by atoms with Gasteiger partial charge in [-0.15, -0.1) is 0 Å². The van der Waals surface area contributed by atoms with E-state index in [4.69, 9.17) is 14.2 Å². The Morgan fingerprint density at radius 1 is 0.375 bits per heavy atom. The van der Waals surface area contributed by atoms with Gasteiger partial charge in [0.05, 0.1) is 0 Å². The molecule has 0 aromatic carbocycles. The number of ether oxygens (including phenoxy) is 3. The Balaban J connectivity index is 4.43. The molecule has 0 aliphatic carbocycles. The highest BCUT2D eigenvalue weighted by Gasteiger charge is 2.19. The monoisotopic (exact) mass is 777 g/mol.